The molecule has 0 bridgehead atoms. The molecule has 0 aliphatic rings. The van der Waals surface area contributed by atoms with Gasteiger partial charge in [-0.2, -0.15) is 0 Å². The first kappa shape index (κ1) is 20.5. The molecule has 0 spiro atoms. The van der Waals surface area contributed by atoms with Gasteiger partial charge in [0, 0.05) is 5.56 Å². The molecule has 1 aromatic rings. The van der Waals surface area contributed by atoms with E-state index in [2.05, 4.69) is 25.2 Å². The van der Waals surface area contributed by atoms with E-state index in [4.69, 9.17) is 4.74 Å². The zero-order chi connectivity index (χ0) is 15.8. The van der Waals surface area contributed by atoms with Gasteiger partial charge in [0.15, 0.2) is 5.78 Å². The molecule has 0 heterocycles. The molecule has 0 saturated carbocycles. The zero-order valence-electron chi connectivity index (χ0n) is 13.4. The van der Waals surface area contributed by atoms with Crippen LogP contribution in [0.4, 0.5) is 0 Å². The van der Waals surface area contributed by atoms with Crippen molar-refractivity contribution < 1.29 is 14.3 Å². The Labute approximate surface area is 123 Å². The number of Topliss-reactive ketones (excluding diaryl/α,β-unsaturated/α-hetero) is 1. The normalized spacial score (nSPS) is 8.25. The van der Waals surface area contributed by atoms with Crippen LogP contribution in [0.25, 0.3) is 0 Å². The molecule has 0 atom stereocenters. The van der Waals surface area contributed by atoms with Gasteiger partial charge >= 0.3 is 0 Å². The number of rotatable bonds is 5. The third kappa shape index (κ3) is 12.7. The Kier molecular flexibility index (Phi) is 15.7. The largest absolute Gasteiger partial charge is 0.502 e. The number of ether oxygens (including phenoxy) is 2. The Morgan fingerprint density at radius 3 is 1.85 bits per heavy atom. The van der Waals surface area contributed by atoms with Crippen LogP contribution in [0.15, 0.2) is 37.1 Å². The third-order valence-electron chi connectivity index (χ3n) is 1.86. The Morgan fingerprint density at radius 2 is 1.60 bits per heavy atom. The predicted molar refractivity (Wildman–Crippen MR) is 85.4 cm³/mol. The van der Waals surface area contributed by atoms with E-state index in [1.807, 2.05) is 13.8 Å². The highest BCUT2D eigenvalue weighted by Crippen LogP contribution is 2.11. The lowest BCUT2D eigenvalue weighted by molar-refractivity contribution is 0.101. The lowest BCUT2D eigenvalue weighted by atomic mass is 10.1. The topological polar surface area (TPSA) is 35.5 Å². The van der Waals surface area contributed by atoms with Gasteiger partial charge in [0.25, 0.3) is 0 Å². The van der Waals surface area contributed by atoms with Crippen LogP contribution in [0.3, 0.4) is 0 Å². The van der Waals surface area contributed by atoms with E-state index in [0.29, 0.717) is 6.61 Å². The summed E-state index contributed by atoms with van der Waals surface area (Å²) < 4.78 is 9.83. The second-order valence-electron chi connectivity index (χ2n) is 3.84. The molecule has 1 aromatic carbocycles. The van der Waals surface area contributed by atoms with E-state index in [-0.39, 0.29) is 5.78 Å². The predicted octanol–water partition coefficient (Wildman–Crippen LogP) is 4.87. The maximum absolute atomic E-state index is 10.9. The summed E-state index contributed by atoms with van der Waals surface area (Å²) in [6.07, 6.45) is 2.68. The van der Waals surface area contributed by atoms with Gasteiger partial charge in [0.05, 0.1) is 19.5 Å². The summed E-state index contributed by atoms with van der Waals surface area (Å²) in [5.74, 6) is 0.889. The fourth-order valence-electron chi connectivity index (χ4n) is 1.07. The van der Waals surface area contributed by atoms with Crippen molar-refractivity contribution in [3.63, 3.8) is 0 Å². The lowest BCUT2D eigenvalue weighted by Gasteiger charge is -2.02. The summed E-state index contributed by atoms with van der Waals surface area (Å²) in [7, 11) is 0. The summed E-state index contributed by atoms with van der Waals surface area (Å²) in [5.41, 5.74) is 0.721. The fraction of sp³-hybridized carbons (Fsp3) is 0.471. The number of carbonyl (C=O) groups excluding carboxylic acids is 1. The molecule has 0 fully saturated rings. The smallest absolute Gasteiger partial charge is 0.159 e. The van der Waals surface area contributed by atoms with Crippen molar-refractivity contribution in [2.75, 3.05) is 13.2 Å². The van der Waals surface area contributed by atoms with Crippen LogP contribution in [-0.4, -0.2) is 19.0 Å². The molecule has 0 unspecified atom stereocenters. The van der Waals surface area contributed by atoms with E-state index in [0.717, 1.165) is 17.9 Å². The highest BCUT2D eigenvalue weighted by molar-refractivity contribution is 5.94. The standard InChI is InChI=1S/C10H12O2.C4H8O.C3H8/c1-3-12-10-6-4-9(5-7-10)8(2)11;1-3-5-4-2;1-3-2/h4-7H,3H2,1-2H3;3H,1,4H2,2H3;3H2,1-2H3. The quantitative estimate of drug-likeness (QED) is 0.570. The van der Waals surface area contributed by atoms with Crippen molar-refractivity contribution >= 4 is 5.78 Å². The third-order valence-corrected chi connectivity index (χ3v) is 1.86. The Hall–Kier alpha value is -1.77. The molecular formula is C17H28O3. The van der Waals surface area contributed by atoms with E-state index < -0.39 is 0 Å². The summed E-state index contributed by atoms with van der Waals surface area (Å²) in [4.78, 5) is 10.9. The van der Waals surface area contributed by atoms with Crippen LogP contribution < -0.4 is 4.74 Å². The Bertz CT molecular complexity index is 342. The van der Waals surface area contributed by atoms with Crippen molar-refractivity contribution in [2.24, 2.45) is 0 Å². The van der Waals surface area contributed by atoms with Crippen LogP contribution in [-0.2, 0) is 4.74 Å². The Balaban J connectivity index is 0. The number of carbonyl (C=O) groups is 1. The van der Waals surface area contributed by atoms with Crippen LogP contribution in [0.1, 0.15) is 51.4 Å². The van der Waals surface area contributed by atoms with Crippen LogP contribution in [0.2, 0.25) is 0 Å². The average molecular weight is 280 g/mol. The maximum Gasteiger partial charge on any atom is 0.159 e. The van der Waals surface area contributed by atoms with E-state index >= 15 is 0 Å². The van der Waals surface area contributed by atoms with Crippen LogP contribution in [0, 0.1) is 0 Å². The van der Waals surface area contributed by atoms with E-state index in [9.17, 15) is 4.79 Å². The molecular weight excluding hydrogens is 252 g/mol. The highest BCUT2D eigenvalue weighted by atomic mass is 16.5. The second-order valence-corrected chi connectivity index (χ2v) is 3.84. The minimum atomic E-state index is 0.0815. The van der Waals surface area contributed by atoms with Crippen molar-refractivity contribution in [3.8, 4) is 5.75 Å². The minimum absolute atomic E-state index is 0.0815. The molecule has 0 saturated heterocycles. The molecule has 3 nitrogen and oxygen atoms in total. The van der Waals surface area contributed by atoms with Crippen LogP contribution >= 0.6 is 0 Å². The van der Waals surface area contributed by atoms with Crippen molar-refractivity contribution in [3.05, 3.63) is 42.7 Å². The average Bonchev–Trinajstić information content (AvgIpc) is 2.42. The van der Waals surface area contributed by atoms with Gasteiger partial charge in [0.1, 0.15) is 5.75 Å². The summed E-state index contributed by atoms with van der Waals surface area (Å²) in [6.45, 7) is 14.4. The lowest BCUT2D eigenvalue weighted by Crippen LogP contribution is -1.94. The van der Waals surface area contributed by atoms with Gasteiger partial charge < -0.3 is 9.47 Å². The molecule has 0 aromatic heterocycles. The number of ketones is 1. The van der Waals surface area contributed by atoms with E-state index in [1.165, 1.54) is 12.7 Å². The molecule has 114 valence electrons. The number of hydrogen-bond acceptors (Lipinski definition) is 3. The van der Waals surface area contributed by atoms with Gasteiger partial charge in [-0.15, -0.1) is 0 Å². The summed E-state index contributed by atoms with van der Waals surface area (Å²) in [5, 5.41) is 0. The molecule has 0 aliphatic carbocycles. The molecule has 0 N–H and O–H groups in total. The van der Waals surface area contributed by atoms with Crippen molar-refractivity contribution in [1.82, 2.24) is 0 Å². The Morgan fingerprint density at radius 1 is 1.10 bits per heavy atom. The van der Waals surface area contributed by atoms with Gasteiger partial charge in [0.2, 0.25) is 0 Å². The fourth-order valence-corrected chi connectivity index (χ4v) is 1.07. The summed E-state index contributed by atoms with van der Waals surface area (Å²) in [6, 6.07) is 7.15. The summed E-state index contributed by atoms with van der Waals surface area (Å²) >= 11 is 0. The maximum atomic E-state index is 10.9. The molecule has 0 radical (unpaired) electrons. The van der Waals surface area contributed by atoms with Crippen molar-refractivity contribution in [2.45, 2.75) is 41.0 Å². The first-order valence-corrected chi connectivity index (χ1v) is 7.03. The molecule has 20 heavy (non-hydrogen) atoms. The highest BCUT2D eigenvalue weighted by Gasteiger charge is 1.97. The molecule has 0 aliphatic heterocycles. The number of hydrogen-bond donors (Lipinski definition) is 0. The minimum Gasteiger partial charge on any atom is -0.502 e. The van der Waals surface area contributed by atoms with Gasteiger partial charge in [-0.1, -0.05) is 26.8 Å². The van der Waals surface area contributed by atoms with E-state index in [1.54, 1.807) is 31.2 Å². The number of benzene rings is 1. The second kappa shape index (κ2) is 15.3. The zero-order valence-corrected chi connectivity index (χ0v) is 13.4. The van der Waals surface area contributed by atoms with Gasteiger partial charge in [-0.25, -0.2) is 0 Å². The van der Waals surface area contributed by atoms with Crippen LogP contribution in [0.5, 0.6) is 5.75 Å². The first-order chi connectivity index (χ1) is 9.56. The van der Waals surface area contributed by atoms with Gasteiger partial charge in [-0.3, -0.25) is 4.79 Å². The SMILES string of the molecule is C=COCC.CCC.CCOc1ccc(C(C)=O)cc1. The molecule has 1 rings (SSSR count). The first-order valence-electron chi connectivity index (χ1n) is 7.03. The van der Waals surface area contributed by atoms with Crippen molar-refractivity contribution in [1.29, 1.82) is 0 Å². The molecule has 0 amide bonds. The van der Waals surface area contributed by atoms with Gasteiger partial charge in [-0.05, 0) is 45.0 Å². The monoisotopic (exact) mass is 280 g/mol. The molecule has 3 heteroatoms.